The van der Waals surface area contributed by atoms with Gasteiger partial charge in [0.25, 0.3) is 0 Å². The first kappa shape index (κ1) is 29.5. The Morgan fingerprint density at radius 1 is 0.600 bits per heavy atom. The summed E-state index contributed by atoms with van der Waals surface area (Å²) in [6, 6.07) is 15.7. The van der Waals surface area contributed by atoms with E-state index in [9.17, 15) is 22.0 Å². The van der Waals surface area contributed by atoms with E-state index in [-0.39, 0.29) is 15.8 Å². The van der Waals surface area contributed by atoms with Crippen LogP contribution in [0.1, 0.15) is 5.82 Å². The molecule has 204 valence electrons. The molecule has 0 bridgehead atoms. The number of alkyl halides is 3. The van der Waals surface area contributed by atoms with Gasteiger partial charge in [0.15, 0.2) is 11.6 Å². The number of hydrogen-bond donors (Lipinski definition) is 0. The van der Waals surface area contributed by atoms with Gasteiger partial charge < -0.3 is 0 Å². The molecule has 0 N–H and O–H groups in total. The highest BCUT2D eigenvalue weighted by Crippen LogP contribution is 2.30. The summed E-state index contributed by atoms with van der Waals surface area (Å²) in [4.78, 5) is 17.9. The Morgan fingerprint density at radius 2 is 1.30 bits per heavy atom. The lowest BCUT2D eigenvalue weighted by molar-refractivity contribution is -0.144. The maximum Gasteiger partial charge on any atom is 0.451 e. The molecule has 3 heterocycles. The van der Waals surface area contributed by atoms with Crippen molar-refractivity contribution in [2.45, 2.75) is 6.18 Å². The van der Waals surface area contributed by atoms with E-state index in [0.717, 1.165) is 22.9 Å². The summed E-state index contributed by atoms with van der Waals surface area (Å²) in [5, 5.41) is 3.83. The van der Waals surface area contributed by atoms with Gasteiger partial charge in [0, 0.05) is 33.4 Å². The van der Waals surface area contributed by atoms with E-state index in [1.165, 1.54) is 12.4 Å². The van der Waals surface area contributed by atoms with E-state index in [1.807, 2.05) is 18.2 Å². The van der Waals surface area contributed by atoms with Crippen LogP contribution in [0.3, 0.4) is 0 Å². The second-order valence-electron chi connectivity index (χ2n) is 7.77. The van der Waals surface area contributed by atoms with Crippen LogP contribution < -0.4 is 0 Å². The van der Waals surface area contributed by atoms with E-state index in [0.29, 0.717) is 26.5 Å². The molecule has 0 saturated heterocycles. The van der Waals surface area contributed by atoms with Crippen LogP contribution in [-0.2, 0) is 6.18 Å². The summed E-state index contributed by atoms with van der Waals surface area (Å²) < 4.78 is 62.4. The van der Waals surface area contributed by atoms with Crippen LogP contribution >= 0.6 is 46.4 Å². The number of benzene rings is 3. The number of para-hydroxylation sites is 1. The van der Waals surface area contributed by atoms with Gasteiger partial charge in [-0.2, -0.15) is 13.2 Å². The molecule has 0 aliphatic carbocycles. The average molecular weight is 631 g/mol. The Labute approximate surface area is 242 Å². The highest BCUT2D eigenvalue weighted by Gasteiger charge is 2.35. The van der Waals surface area contributed by atoms with Gasteiger partial charge in [-0.1, -0.05) is 58.5 Å². The molecular weight excluding hydrogens is 619 g/mol. The third-order valence-electron chi connectivity index (χ3n) is 5.12. The van der Waals surface area contributed by atoms with Gasteiger partial charge in [0.1, 0.15) is 21.8 Å². The van der Waals surface area contributed by atoms with Gasteiger partial charge in [-0.15, -0.1) is 0 Å². The average Bonchev–Trinajstić information content (AvgIpc) is 2.90. The van der Waals surface area contributed by atoms with E-state index >= 15 is 0 Å². The zero-order valence-corrected chi connectivity index (χ0v) is 22.6. The molecule has 6 rings (SSSR count). The Morgan fingerprint density at radius 3 is 2.05 bits per heavy atom. The summed E-state index contributed by atoms with van der Waals surface area (Å²) in [6.07, 6.45) is -1.71. The number of hydrogen-bond acceptors (Lipinski definition) is 5. The van der Waals surface area contributed by atoms with Crippen LogP contribution in [0.2, 0.25) is 20.5 Å². The lowest BCUT2D eigenvalue weighted by atomic mass is 10.2. The molecule has 0 spiro atoms. The fourth-order valence-corrected chi connectivity index (χ4v) is 4.14. The molecule has 0 atom stereocenters. The molecule has 0 aliphatic heterocycles. The summed E-state index contributed by atoms with van der Waals surface area (Å²) >= 11 is 22.9. The second kappa shape index (κ2) is 12.4. The molecule has 0 fully saturated rings. The first-order valence-corrected chi connectivity index (χ1v) is 12.4. The number of aromatic nitrogens is 5. The van der Waals surface area contributed by atoms with Crippen molar-refractivity contribution in [1.82, 2.24) is 24.9 Å². The van der Waals surface area contributed by atoms with Crippen LogP contribution in [0.25, 0.3) is 32.6 Å². The van der Waals surface area contributed by atoms with Crippen molar-refractivity contribution in [2.75, 3.05) is 0 Å². The number of fused-ring (bicyclic) bond motifs is 3. The topological polar surface area (TPSA) is 64.5 Å². The molecule has 0 saturated carbocycles. The van der Waals surface area contributed by atoms with E-state index in [1.54, 1.807) is 30.5 Å². The first-order valence-electron chi connectivity index (χ1n) is 10.9. The normalized spacial score (nSPS) is 11.1. The lowest BCUT2D eigenvalue weighted by Crippen LogP contribution is -2.11. The van der Waals surface area contributed by atoms with Gasteiger partial charge in [-0.3, -0.25) is 0 Å². The van der Waals surface area contributed by atoms with Crippen molar-refractivity contribution in [3.8, 4) is 0 Å². The first-order chi connectivity index (χ1) is 18.9. The smallest absolute Gasteiger partial charge is 0.244 e. The lowest BCUT2D eigenvalue weighted by Gasteiger charge is -2.06. The SMILES string of the molecule is Clc1ccc2c(Cl)nccc2c1.FC(F)(F)c1nc(Cl)c2ccccc2n1.Fc1cc2ncnc(Cl)c2cc1F. The third-order valence-corrected chi connectivity index (χ3v) is 6.24. The van der Waals surface area contributed by atoms with Crippen molar-refractivity contribution >= 4 is 79.0 Å². The van der Waals surface area contributed by atoms with E-state index in [4.69, 9.17) is 46.4 Å². The standard InChI is InChI=1S/C9H5Cl2N.C9H4ClF3N2.C8H3ClF2N2/c10-7-1-2-8-6(5-7)3-4-12-9(8)11;10-7-5-3-1-2-4-6(5)14-8(15-7)9(11,12)13;9-8-4-1-5(10)6(11)2-7(4)12-3-13-8/h1-5H;1-4H;1-3H. The molecule has 3 aromatic carbocycles. The maximum atomic E-state index is 12.7. The summed E-state index contributed by atoms with van der Waals surface area (Å²) in [5.74, 6) is -3.11. The van der Waals surface area contributed by atoms with Crippen LogP contribution in [0, 0.1) is 11.6 Å². The van der Waals surface area contributed by atoms with Crippen LogP contribution in [0.5, 0.6) is 0 Å². The van der Waals surface area contributed by atoms with Gasteiger partial charge >= 0.3 is 6.18 Å². The van der Waals surface area contributed by atoms with Crippen LogP contribution in [-0.4, -0.2) is 24.9 Å². The Balaban J connectivity index is 0.000000140. The van der Waals surface area contributed by atoms with Crippen molar-refractivity contribution in [2.24, 2.45) is 0 Å². The third kappa shape index (κ3) is 7.00. The largest absolute Gasteiger partial charge is 0.451 e. The minimum absolute atomic E-state index is 0.115. The van der Waals surface area contributed by atoms with E-state index in [2.05, 4.69) is 24.9 Å². The molecule has 0 aliphatic rings. The number of pyridine rings is 1. The molecule has 0 unspecified atom stereocenters. The molecule has 0 amide bonds. The zero-order chi connectivity index (χ0) is 29.0. The van der Waals surface area contributed by atoms with E-state index < -0.39 is 23.6 Å². The minimum atomic E-state index is -4.58. The zero-order valence-electron chi connectivity index (χ0n) is 19.6. The minimum Gasteiger partial charge on any atom is -0.244 e. The maximum absolute atomic E-state index is 12.7. The predicted molar refractivity (Wildman–Crippen MR) is 146 cm³/mol. The van der Waals surface area contributed by atoms with Crippen molar-refractivity contribution in [1.29, 1.82) is 0 Å². The van der Waals surface area contributed by atoms with Crippen molar-refractivity contribution in [3.63, 3.8) is 0 Å². The van der Waals surface area contributed by atoms with Crippen molar-refractivity contribution < 1.29 is 22.0 Å². The fraction of sp³-hybridized carbons (Fsp3) is 0.0385. The quantitative estimate of drug-likeness (QED) is 0.0950. The Hall–Kier alpha value is -3.44. The molecular formula is C26H12Cl4F5N5. The molecule has 40 heavy (non-hydrogen) atoms. The molecule has 0 radical (unpaired) electrons. The number of halogens is 9. The highest BCUT2D eigenvalue weighted by molar-refractivity contribution is 6.35. The predicted octanol–water partition coefficient (Wildman–Crippen LogP) is 9.40. The summed E-state index contributed by atoms with van der Waals surface area (Å²) in [7, 11) is 0. The molecule has 6 aromatic rings. The van der Waals surface area contributed by atoms with Crippen molar-refractivity contribution in [3.05, 3.63) is 111 Å². The number of nitrogens with zero attached hydrogens (tertiary/aromatic N) is 5. The van der Waals surface area contributed by atoms with Gasteiger partial charge in [-0.05, 0) is 47.9 Å². The Kier molecular flexibility index (Phi) is 9.15. The van der Waals surface area contributed by atoms with Gasteiger partial charge in [-0.25, -0.2) is 33.7 Å². The van der Waals surface area contributed by atoms with Crippen LogP contribution in [0.15, 0.2) is 73.2 Å². The monoisotopic (exact) mass is 629 g/mol. The fourth-order valence-electron chi connectivity index (χ4n) is 3.30. The number of rotatable bonds is 0. The highest BCUT2D eigenvalue weighted by atomic mass is 35.5. The Bertz CT molecular complexity index is 1840. The molecule has 5 nitrogen and oxygen atoms in total. The van der Waals surface area contributed by atoms with Crippen LogP contribution in [0.4, 0.5) is 22.0 Å². The second-order valence-corrected chi connectivity index (χ2v) is 9.28. The van der Waals surface area contributed by atoms with Gasteiger partial charge in [0.05, 0.1) is 11.0 Å². The summed E-state index contributed by atoms with van der Waals surface area (Å²) in [6.45, 7) is 0. The molecule has 14 heteroatoms. The molecule has 3 aromatic heterocycles. The summed E-state index contributed by atoms with van der Waals surface area (Å²) in [5.41, 5.74) is 0.476. The van der Waals surface area contributed by atoms with Gasteiger partial charge in [0.2, 0.25) is 5.82 Å².